The number of carbonyl (C=O) groups excluding carboxylic acids is 1. The van der Waals surface area contributed by atoms with E-state index in [1.54, 1.807) is 0 Å². The summed E-state index contributed by atoms with van der Waals surface area (Å²) in [5, 5.41) is 8.73. The van der Waals surface area contributed by atoms with Crippen molar-refractivity contribution in [1.82, 2.24) is 0 Å². The second-order valence-corrected chi connectivity index (χ2v) is 7.49. The van der Waals surface area contributed by atoms with E-state index in [1.807, 2.05) is 0 Å². The first-order valence-corrected chi connectivity index (χ1v) is 11.0. The molecular formula is C22H44O3. The zero-order valence-electron chi connectivity index (χ0n) is 17.1. The molecule has 0 fully saturated rings. The van der Waals surface area contributed by atoms with Gasteiger partial charge in [-0.25, -0.2) is 0 Å². The molecule has 0 aromatic heterocycles. The Balaban J connectivity index is 3.67. The van der Waals surface area contributed by atoms with Crippen molar-refractivity contribution < 1.29 is 14.6 Å². The molecule has 0 radical (unpaired) electrons. The number of aliphatic hydroxyl groups excluding tert-OH is 1. The van der Waals surface area contributed by atoms with Crippen LogP contribution in [0.1, 0.15) is 117 Å². The third kappa shape index (κ3) is 18.0. The van der Waals surface area contributed by atoms with Crippen LogP contribution < -0.4 is 0 Å². The van der Waals surface area contributed by atoms with Crippen LogP contribution in [-0.4, -0.2) is 24.3 Å². The summed E-state index contributed by atoms with van der Waals surface area (Å²) >= 11 is 0. The average molecular weight is 357 g/mol. The minimum absolute atomic E-state index is 0.00432. The van der Waals surface area contributed by atoms with Crippen LogP contribution in [0.5, 0.6) is 0 Å². The molecule has 0 spiro atoms. The lowest BCUT2D eigenvalue weighted by molar-refractivity contribution is -0.145. The highest BCUT2D eigenvalue weighted by molar-refractivity contribution is 5.69. The van der Waals surface area contributed by atoms with Crippen molar-refractivity contribution in [2.45, 2.75) is 117 Å². The van der Waals surface area contributed by atoms with Crippen LogP contribution in [-0.2, 0) is 9.53 Å². The van der Waals surface area contributed by atoms with Crippen LogP contribution in [0, 0.1) is 5.92 Å². The summed E-state index contributed by atoms with van der Waals surface area (Å²) in [6.45, 7) is 5.41. The fourth-order valence-corrected chi connectivity index (χ4v) is 3.21. The van der Waals surface area contributed by atoms with E-state index in [-0.39, 0.29) is 5.97 Å². The standard InChI is InChI=1S/C22H44O3/c1-3-5-7-13-17-21(16-6-4-2)20-25-22(24)18-14-11-9-8-10-12-15-19-23/h21,23H,3-20H2,1-2H3. The smallest absolute Gasteiger partial charge is 0.305 e. The third-order valence-electron chi connectivity index (χ3n) is 4.95. The molecule has 1 atom stereocenters. The van der Waals surface area contributed by atoms with Gasteiger partial charge in [-0.2, -0.15) is 0 Å². The molecule has 0 rings (SSSR count). The zero-order valence-corrected chi connectivity index (χ0v) is 17.1. The van der Waals surface area contributed by atoms with Gasteiger partial charge in [0.2, 0.25) is 0 Å². The lowest BCUT2D eigenvalue weighted by Gasteiger charge is -2.16. The number of ether oxygens (including phenoxy) is 1. The predicted molar refractivity (Wildman–Crippen MR) is 107 cm³/mol. The predicted octanol–water partition coefficient (Wildman–Crippen LogP) is 6.42. The molecule has 1 N–H and O–H groups in total. The van der Waals surface area contributed by atoms with Gasteiger partial charge in [0.15, 0.2) is 0 Å². The Morgan fingerprint density at radius 3 is 1.96 bits per heavy atom. The summed E-state index contributed by atoms with van der Waals surface area (Å²) in [5.41, 5.74) is 0. The fourth-order valence-electron chi connectivity index (χ4n) is 3.21. The highest BCUT2D eigenvalue weighted by atomic mass is 16.5. The van der Waals surface area contributed by atoms with Crippen LogP contribution in [0.15, 0.2) is 0 Å². The molecule has 0 aromatic rings. The van der Waals surface area contributed by atoms with E-state index in [0.29, 0.717) is 25.6 Å². The Morgan fingerprint density at radius 2 is 1.32 bits per heavy atom. The van der Waals surface area contributed by atoms with Gasteiger partial charge >= 0.3 is 5.97 Å². The molecule has 0 amide bonds. The van der Waals surface area contributed by atoms with Crippen molar-refractivity contribution in [3.05, 3.63) is 0 Å². The van der Waals surface area contributed by atoms with E-state index in [2.05, 4.69) is 13.8 Å². The lowest BCUT2D eigenvalue weighted by Crippen LogP contribution is -2.14. The molecular weight excluding hydrogens is 312 g/mol. The van der Waals surface area contributed by atoms with Crippen molar-refractivity contribution in [2.75, 3.05) is 13.2 Å². The molecule has 3 heteroatoms. The Labute approximate surface area is 156 Å². The maximum absolute atomic E-state index is 11.9. The second kappa shape index (κ2) is 19.8. The van der Waals surface area contributed by atoms with Gasteiger partial charge in [0, 0.05) is 13.0 Å². The quantitative estimate of drug-likeness (QED) is 0.214. The van der Waals surface area contributed by atoms with E-state index in [1.165, 1.54) is 70.6 Å². The van der Waals surface area contributed by atoms with Gasteiger partial charge in [-0.3, -0.25) is 4.79 Å². The van der Waals surface area contributed by atoms with Gasteiger partial charge < -0.3 is 9.84 Å². The van der Waals surface area contributed by atoms with Crippen LogP contribution in [0.25, 0.3) is 0 Å². The molecule has 0 aliphatic carbocycles. The first-order chi connectivity index (χ1) is 12.2. The second-order valence-electron chi connectivity index (χ2n) is 7.49. The molecule has 0 saturated heterocycles. The van der Waals surface area contributed by atoms with Gasteiger partial charge in [-0.05, 0) is 31.6 Å². The third-order valence-corrected chi connectivity index (χ3v) is 4.95. The molecule has 0 aliphatic heterocycles. The largest absolute Gasteiger partial charge is 0.465 e. The molecule has 1 unspecified atom stereocenters. The van der Waals surface area contributed by atoms with Crippen molar-refractivity contribution in [3.8, 4) is 0 Å². The first-order valence-electron chi connectivity index (χ1n) is 11.0. The fraction of sp³-hybridized carbons (Fsp3) is 0.955. The first kappa shape index (κ1) is 24.4. The van der Waals surface area contributed by atoms with Crippen LogP contribution in [0.3, 0.4) is 0 Å². The maximum atomic E-state index is 11.9. The van der Waals surface area contributed by atoms with Gasteiger partial charge in [0.05, 0.1) is 6.61 Å². The molecule has 3 nitrogen and oxygen atoms in total. The number of rotatable bonds is 19. The molecule has 150 valence electrons. The highest BCUT2D eigenvalue weighted by Gasteiger charge is 2.11. The Kier molecular flexibility index (Phi) is 19.3. The van der Waals surface area contributed by atoms with Crippen LogP contribution >= 0.6 is 0 Å². The molecule has 0 bridgehead atoms. The number of esters is 1. The normalized spacial score (nSPS) is 12.3. The summed E-state index contributed by atoms with van der Waals surface area (Å²) in [6, 6.07) is 0. The average Bonchev–Trinajstić information content (AvgIpc) is 2.62. The van der Waals surface area contributed by atoms with Crippen molar-refractivity contribution >= 4 is 5.97 Å². The topological polar surface area (TPSA) is 46.5 Å². The van der Waals surface area contributed by atoms with Gasteiger partial charge in [0.25, 0.3) is 0 Å². The zero-order chi connectivity index (χ0) is 18.6. The number of hydrogen-bond acceptors (Lipinski definition) is 3. The molecule has 0 aliphatic rings. The summed E-state index contributed by atoms with van der Waals surface area (Å²) in [5.74, 6) is 0.558. The summed E-state index contributed by atoms with van der Waals surface area (Å²) in [6.07, 6.45) is 18.3. The van der Waals surface area contributed by atoms with E-state index >= 15 is 0 Å². The van der Waals surface area contributed by atoms with Crippen LogP contribution in [0.4, 0.5) is 0 Å². The monoisotopic (exact) mass is 356 g/mol. The lowest BCUT2D eigenvalue weighted by atomic mass is 9.96. The van der Waals surface area contributed by atoms with E-state index < -0.39 is 0 Å². The number of aliphatic hydroxyl groups is 1. The van der Waals surface area contributed by atoms with E-state index in [9.17, 15) is 4.79 Å². The molecule has 0 saturated carbocycles. The Morgan fingerprint density at radius 1 is 0.760 bits per heavy atom. The van der Waals surface area contributed by atoms with Crippen molar-refractivity contribution in [3.63, 3.8) is 0 Å². The van der Waals surface area contributed by atoms with Crippen molar-refractivity contribution in [1.29, 1.82) is 0 Å². The minimum Gasteiger partial charge on any atom is -0.465 e. The SMILES string of the molecule is CCCCCCC(CCCC)COC(=O)CCCCCCCCCO. The molecule has 0 heterocycles. The van der Waals surface area contributed by atoms with E-state index in [0.717, 1.165) is 25.7 Å². The number of unbranched alkanes of at least 4 members (excludes halogenated alkanes) is 10. The van der Waals surface area contributed by atoms with Crippen LogP contribution in [0.2, 0.25) is 0 Å². The number of carbonyl (C=O) groups is 1. The Hall–Kier alpha value is -0.570. The highest BCUT2D eigenvalue weighted by Crippen LogP contribution is 2.18. The van der Waals surface area contributed by atoms with Gasteiger partial charge in [-0.15, -0.1) is 0 Å². The maximum Gasteiger partial charge on any atom is 0.305 e. The minimum atomic E-state index is -0.00432. The summed E-state index contributed by atoms with van der Waals surface area (Å²) in [7, 11) is 0. The molecule has 0 aromatic carbocycles. The van der Waals surface area contributed by atoms with Crippen molar-refractivity contribution in [2.24, 2.45) is 5.92 Å². The van der Waals surface area contributed by atoms with Gasteiger partial charge in [0.1, 0.15) is 0 Å². The van der Waals surface area contributed by atoms with Gasteiger partial charge in [-0.1, -0.05) is 84.5 Å². The molecule has 25 heavy (non-hydrogen) atoms. The van der Waals surface area contributed by atoms with E-state index in [4.69, 9.17) is 9.84 Å². The number of hydrogen-bond donors (Lipinski definition) is 1. The summed E-state index contributed by atoms with van der Waals surface area (Å²) in [4.78, 5) is 11.9. The summed E-state index contributed by atoms with van der Waals surface area (Å²) < 4.78 is 5.55. The Bertz CT molecular complexity index is 278.